The van der Waals surface area contributed by atoms with Crippen molar-refractivity contribution in [2.45, 2.75) is 185 Å². The Balaban J connectivity index is 2.18. The van der Waals surface area contributed by atoms with Crippen LogP contribution in [0.2, 0.25) is 0 Å². The largest absolute Gasteiger partial charge is 0.459 e. The highest BCUT2D eigenvalue weighted by Gasteiger charge is 2.53. The first-order valence-electron chi connectivity index (χ1n) is 18.6. The third-order valence-corrected chi connectivity index (χ3v) is 12.0. The molecule has 300 valence electrons. The van der Waals surface area contributed by atoms with Gasteiger partial charge in [-0.3, -0.25) is 4.79 Å². The molecule has 0 aromatic heterocycles. The molecule has 3 heterocycles. The van der Waals surface area contributed by atoms with Gasteiger partial charge in [-0.05, 0) is 80.8 Å². The van der Waals surface area contributed by atoms with E-state index < -0.39 is 108 Å². The predicted molar refractivity (Wildman–Crippen MR) is 187 cm³/mol. The Morgan fingerprint density at radius 3 is 2.02 bits per heavy atom. The summed E-state index contributed by atoms with van der Waals surface area (Å²) in [5.74, 6) is -4.11. The van der Waals surface area contributed by atoms with Gasteiger partial charge in [0.25, 0.3) is 0 Å². The van der Waals surface area contributed by atoms with Crippen LogP contribution in [0.3, 0.4) is 0 Å². The molecule has 51 heavy (non-hydrogen) atoms. The molecule has 0 bridgehead atoms. The summed E-state index contributed by atoms with van der Waals surface area (Å²) in [4.78, 5) is 16.0. The van der Waals surface area contributed by atoms with E-state index in [4.69, 9.17) is 28.4 Å². The van der Waals surface area contributed by atoms with E-state index in [2.05, 4.69) is 0 Å². The van der Waals surface area contributed by atoms with Crippen molar-refractivity contribution in [3.05, 3.63) is 0 Å². The predicted octanol–water partition coefficient (Wildman–Crippen LogP) is 1.58. The fraction of sp³-hybridized carbons (Fsp3) is 0.973. The van der Waals surface area contributed by atoms with Crippen molar-refractivity contribution >= 4 is 5.97 Å². The Morgan fingerprint density at radius 2 is 1.47 bits per heavy atom. The molecular formula is C37H69NO13. The summed E-state index contributed by atoms with van der Waals surface area (Å²) >= 11 is 0. The highest BCUT2D eigenvalue weighted by molar-refractivity contribution is 5.73. The second-order valence-electron chi connectivity index (χ2n) is 16.7. The van der Waals surface area contributed by atoms with Crippen LogP contribution in [0.15, 0.2) is 0 Å². The van der Waals surface area contributed by atoms with Crippen molar-refractivity contribution in [3.63, 3.8) is 0 Å². The van der Waals surface area contributed by atoms with Crippen LogP contribution in [0.4, 0.5) is 0 Å². The number of methoxy groups -OCH3 is 1. The minimum atomic E-state index is -1.93. The lowest BCUT2D eigenvalue weighted by atomic mass is 9.73. The average molecular weight is 736 g/mol. The first-order chi connectivity index (χ1) is 23.4. The Kier molecular flexibility index (Phi) is 15.0. The molecule has 0 aromatic rings. The van der Waals surface area contributed by atoms with Crippen LogP contribution in [0.25, 0.3) is 0 Å². The van der Waals surface area contributed by atoms with E-state index in [-0.39, 0.29) is 31.4 Å². The maximum atomic E-state index is 14.1. The van der Waals surface area contributed by atoms with Crippen molar-refractivity contribution in [2.24, 2.45) is 23.7 Å². The molecule has 3 rings (SSSR count). The molecule has 0 spiro atoms. The van der Waals surface area contributed by atoms with Gasteiger partial charge in [0.2, 0.25) is 0 Å². The Labute approximate surface area is 304 Å². The molecule has 6 N–H and O–H groups in total. The van der Waals surface area contributed by atoms with E-state index in [1.54, 1.807) is 55.4 Å². The number of rotatable bonds is 7. The summed E-state index contributed by atoms with van der Waals surface area (Å²) in [6, 6.07) is -0.310. The highest BCUT2D eigenvalue weighted by Crippen LogP contribution is 2.41. The standard InChI is InChI=1S/C37H69NO13/c1-14-25-37(10,45)30(41)20(4)27(39)18(2)16-35(8,44)32(51-34-28(40)24(38(11)12)15-19(3)47-34)21(5)29(22(6)33(43)49-25)50-26-17-36(9,46-13)31(42)23(7)48-26/h18-32,34,39-42,44-45H,14-17H2,1-13H3/t18-,19-,20+,21+,22-,23+,24+,25-,26+,27?,28-,29+,30-,31+,32-,34+,35-,36-,37-/m1/s1. The number of nitrogens with zero attached hydrogens (tertiary/aromatic N) is 1. The molecule has 3 fully saturated rings. The number of hydrogen-bond donors (Lipinski definition) is 6. The molecule has 14 nitrogen and oxygen atoms in total. The molecule has 19 atom stereocenters. The molecule has 0 saturated carbocycles. The fourth-order valence-corrected chi connectivity index (χ4v) is 8.59. The van der Waals surface area contributed by atoms with Crippen LogP contribution in [0.1, 0.15) is 94.9 Å². The molecule has 3 aliphatic rings. The number of ether oxygens (including phenoxy) is 6. The Bertz CT molecular complexity index is 1120. The maximum absolute atomic E-state index is 14.1. The summed E-state index contributed by atoms with van der Waals surface area (Å²) in [7, 11) is 5.20. The van der Waals surface area contributed by atoms with Gasteiger partial charge < -0.3 is 64.0 Å². The summed E-state index contributed by atoms with van der Waals surface area (Å²) < 4.78 is 37.2. The average Bonchev–Trinajstić information content (AvgIpc) is 3.05. The minimum Gasteiger partial charge on any atom is -0.459 e. The van der Waals surface area contributed by atoms with Crippen LogP contribution in [0, 0.1) is 23.7 Å². The third-order valence-electron chi connectivity index (χ3n) is 12.0. The van der Waals surface area contributed by atoms with Gasteiger partial charge in [0.1, 0.15) is 23.9 Å². The number of cyclic esters (lactones) is 1. The van der Waals surface area contributed by atoms with E-state index >= 15 is 0 Å². The van der Waals surface area contributed by atoms with E-state index in [9.17, 15) is 35.4 Å². The minimum absolute atomic E-state index is 0.0362. The summed E-state index contributed by atoms with van der Waals surface area (Å²) in [6.45, 7) is 16.7. The number of carbonyl (C=O) groups excluding carboxylic acids is 1. The molecule has 0 radical (unpaired) electrons. The molecule has 3 saturated heterocycles. The molecule has 14 heteroatoms. The lowest BCUT2D eigenvalue weighted by Gasteiger charge is -2.49. The number of hydrogen-bond acceptors (Lipinski definition) is 14. The number of likely N-dealkylation sites (N-methyl/N-ethyl adjacent to an activating group) is 1. The normalized spacial score (nSPS) is 51.2. The zero-order valence-corrected chi connectivity index (χ0v) is 33.1. The third kappa shape index (κ3) is 9.63. The number of carbonyl (C=O) groups is 1. The quantitative estimate of drug-likeness (QED) is 0.206. The van der Waals surface area contributed by atoms with Gasteiger partial charge in [0, 0.05) is 31.4 Å². The lowest BCUT2D eigenvalue weighted by molar-refractivity contribution is -0.318. The van der Waals surface area contributed by atoms with Crippen LogP contribution in [0.5, 0.6) is 0 Å². The Hall–Kier alpha value is -1.01. The molecule has 0 aliphatic carbocycles. The second kappa shape index (κ2) is 17.2. The van der Waals surface area contributed by atoms with Crippen molar-refractivity contribution in [2.75, 3.05) is 21.2 Å². The van der Waals surface area contributed by atoms with Gasteiger partial charge >= 0.3 is 5.97 Å². The van der Waals surface area contributed by atoms with Gasteiger partial charge in [0.15, 0.2) is 12.6 Å². The monoisotopic (exact) mass is 735 g/mol. The van der Waals surface area contributed by atoms with Gasteiger partial charge in [-0.2, -0.15) is 0 Å². The first-order valence-corrected chi connectivity index (χ1v) is 18.6. The smallest absolute Gasteiger partial charge is 0.311 e. The Morgan fingerprint density at radius 1 is 0.863 bits per heavy atom. The van der Waals surface area contributed by atoms with E-state index in [0.717, 1.165) is 0 Å². The van der Waals surface area contributed by atoms with Crippen LogP contribution in [-0.2, 0) is 33.2 Å². The highest BCUT2D eigenvalue weighted by atomic mass is 16.7. The van der Waals surface area contributed by atoms with E-state index in [1.165, 1.54) is 14.0 Å². The van der Waals surface area contributed by atoms with Crippen molar-refractivity contribution in [1.82, 2.24) is 4.90 Å². The van der Waals surface area contributed by atoms with Crippen molar-refractivity contribution < 1.29 is 63.9 Å². The van der Waals surface area contributed by atoms with Gasteiger partial charge in [0.05, 0.1) is 53.7 Å². The zero-order chi connectivity index (χ0) is 39.0. The molecule has 0 amide bonds. The van der Waals surface area contributed by atoms with E-state index in [1.807, 2.05) is 25.9 Å². The molecular weight excluding hydrogens is 666 g/mol. The summed E-state index contributed by atoms with van der Waals surface area (Å²) in [5.41, 5.74) is -4.71. The first kappa shape index (κ1) is 44.4. The van der Waals surface area contributed by atoms with Crippen LogP contribution in [-0.4, -0.2) is 153 Å². The maximum Gasteiger partial charge on any atom is 0.311 e. The zero-order valence-electron chi connectivity index (χ0n) is 33.1. The second-order valence-corrected chi connectivity index (χ2v) is 16.7. The van der Waals surface area contributed by atoms with Gasteiger partial charge in [-0.1, -0.05) is 27.7 Å². The SMILES string of the molecule is CC[C@H]1OC(=O)[C@H](C)[C@@H](O[C@H]2C[C@@](C)(OC)[C@@H](O)[C@H](C)O2)[C@H](C)[C@@H](O[C@@H]2O[C@H](C)C[C@H](N(C)C)[C@H]2O)[C@](C)(O)C[C@@H](C)C(O)[C@H](C)[C@@H](O)[C@]1(C)O. The fourth-order valence-electron chi connectivity index (χ4n) is 8.59. The van der Waals surface area contributed by atoms with Crippen LogP contribution >= 0.6 is 0 Å². The topological polar surface area (TPSA) is 197 Å². The molecule has 0 aromatic carbocycles. The van der Waals surface area contributed by atoms with Crippen molar-refractivity contribution in [1.29, 1.82) is 0 Å². The molecule has 1 unspecified atom stereocenters. The number of aliphatic hydroxyl groups excluding tert-OH is 4. The van der Waals surface area contributed by atoms with Crippen LogP contribution < -0.4 is 0 Å². The van der Waals surface area contributed by atoms with Gasteiger partial charge in [-0.25, -0.2) is 0 Å². The van der Waals surface area contributed by atoms with Crippen molar-refractivity contribution in [3.8, 4) is 0 Å². The summed E-state index contributed by atoms with van der Waals surface area (Å²) in [6.07, 6.45) is -10.5. The number of aliphatic hydroxyl groups is 6. The lowest BCUT2D eigenvalue weighted by Crippen LogP contribution is -2.61. The number of esters is 1. The van der Waals surface area contributed by atoms with E-state index in [0.29, 0.717) is 6.42 Å². The summed E-state index contributed by atoms with van der Waals surface area (Å²) in [5, 5.41) is 69.3. The van der Waals surface area contributed by atoms with Gasteiger partial charge in [-0.15, -0.1) is 0 Å². The molecule has 3 aliphatic heterocycles.